The average molecular weight is 1890 g/mol. The fraction of sp³-hybridized carbons (Fsp3) is 0. The number of para-hydroxylation sites is 6. The maximum absolute atomic E-state index is 5.21. The Bertz CT molecular complexity index is 9500. The third-order valence-corrected chi connectivity index (χ3v) is 31.0. The Morgan fingerprint density at radius 2 is 0.396 bits per heavy atom. The molecule has 0 atom stereocenters. The van der Waals surface area contributed by atoms with Crippen molar-refractivity contribution in [2.24, 2.45) is 0 Å². The zero-order valence-electron chi connectivity index (χ0n) is 77.7. The largest absolute Gasteiger partial charge is 0.309 e. The van der Waals surface area contributed by atoms with Crippen LogP contribution in [0.25, 0.3) is 267 Å². The van der Waals surface area contributed by atoms with Gasteiger partial charge in [0.25, 0.3) is 0 Å². The summed E-state index contributed by atoms with van der Waals surface area (Å²) in [5.74, 6) is 2.68. The summed E-state index contributed by atoms with van der Waals surface area (Å²) in [5, 5.41) is 15.1. The maximum atomic E-state index is 5.21. The number of rotatable bonds is 14. The van der Waals surface area contributed by atoms with Crippen LogP contribution in [0.2, 0.25) is 0 Å². The van der Waals surface area contributed by atoms with Crippen molar-refractivity contribution in [1.29, 1.82) is 0 Å². The highest BCUT2D eigenvalue weighted by Gasteiger charge is 2.26. The Morgan fingerprint density at radius 3 is 0.743 bits per heavy atom. The predicted molar refractivity (Wildman–Crippen MR) is 608 cm³/mol. The minimum Gasteiger partial charge on any atom is -0.309 e. The molecule has 0 aliphatic heterocycles. The summed E-state index contributed by atoms with van der Waals surface area (Å²) in [6.45, 7) is 0. The van der Waals surface area contributed by atoms with Crippen LogP contribution in [0.1, 0.15) is 0 Å². The maximum Gasteiger partial charge on any atom is 0.164 e. The van der Waals surface area contributed by atoms with Gasteiger partial charge in [0.2, 0.25) is 0 Å². The van der Waals surface area contributed by atoms with Crippen LogP contribution in [0.4, 0.5) is 0 Å². The lowest BCUT2D eigenvalue weighted by molar-refractivity contribution is 1.07. The second-order valence-corrected chi connectivity index (χ2v) is 39.5. The molecule has 29 rings (SSSR count). The molecule has 0 aliphatic rings. The molecule has 9 heterocycles. The van der Waals surface area contributed by atoms with Crippen LogP contribution in [-0.4, -0.2) is 43.6 Å². The van der Waals surface area contributed by atoms with E-state index >= 15 is 0 Å². The number of hydrogen-bond acceptors (Lipinski definition) is 9. The topological polar surface area (TPSA) is 92.1 Å². The monoisotopic (exact) mass is 1890 g/mol. The highest BCUT2D eigenvalue weighted by atomic mass is 32.1. The average Bonchev–Trinajstić information content (AvgIpc) is 1.53. The number of hydrogen-bond donors (Lipinski definition) is 0. The van der Waals surface area contributed by atoms with Crippen LogP contribution in [-0.2, 0) is 0 Å². The lowest BCUT2D eigenvalue weighted by Gasteiger charge is -2.12. The van der Waals surface area contributed by atoms with Crippen molar-refractivity contribution in [2.75, 3.05) is 0 Å². The third kappa shape index (κ3) is 15.3. The summed E-state index contributed by atoms with van der Waals surface area (Å²) in [7, 11) is 0. The van der Waals surface area contributed by atoms with Crippen LogP contribution in [0.3, 0.4) is 0 Å². The molecule has 674 valence electrons. The summed E-state index contributed by atoms with van der Waals surface area (Å²) >= 11 is 5.50. The van der Waals surface area contributed by atoms with Gasteiger partial charge < -0.3 is 13.7 Å². The minimum atomic E-state index is 0.653. The Kier molecular flexibility index (Phi) is 21.3. The summed E-state index contributed by atoms with van der Waals surface area (Å²) in [6.07, 6.45) is 0. The first kappa shape index (κ1) is 84.9. The van der Waals surface area contributed by atoms with Gasteiger partial charge in [0, 0.05) is 154 Å². The van der Waals surface area contributed by atoms with Crippen LogP contribution in [0.15, 0.2) is 504 Å². The Balaban J connectivity index is 0.000000108. The molecule has 0 radical (unpaired) electrons. The molecule has 0 saturated heterocycles. The third-order valence-electron chi connectivity index (χ3n) is 27.6. The molecule has 0 aliphatic carbocycles. The second kappa shape index (κ2) is 36.2. The van der Waals surface area contributed by atoms with E-state index in [1.807, 2.05) is 88.6 Å². The van der Waals surface area contributed by atoms with Gasteiger partial charge in [-0.05, 0) is 197 Å². The first-order valence-electron chi connectivity index (χ1n) is 48.4. The van der Waals surface area contributed by atoms with Gasteiger partial charge in [-0.2, -0.15) is 0 Å². The van der Waals surface area contributed by atoms with Crippen molar-refractivity contribution in [2.45, 2.75) is 0 Å². The molecule has 0 fully saturated rings. The van der Waals surface area contributed by atoms with E-state index < -0.39 is 0 Å². The highest BCUT2D eigenvalue weighted by molar-refractivity contribution is 7.26. The molecule has 12 heteroatoms. The zero-order valence-corrected chi connectivity index (χ0v) is 80.1. The summed E-state index contributed by atoms with van der Waals surface area (Å²) in [6, 6.07) is 179. The quantitative estimate of drug-likeness (QED) is 0.108. The number of fused-ring (bicyclic) bond motifs is 18. The zero-order chi connectivity index (χ0) is 95.1. The highest BCUT2D eigenvalue weighted by Crippen LogP contribution is 2.50. The molecule has 9 aromatic heterocycles. The minimum absolute atomic E-state index is 0.653. The van der Waals surface area contributed by atoms with Crippen LogP contribution in [0, 0.1) is 0 Å². The molecule has 0 spiro atoms. The molecule has 29 aromatic rings. The molecule has 20 aromatic carbocycles. The lowest BCUT2D eigenvalue weighted by atomic mass is 9.95. The SMILES string of the molecule is c1ccc(-c2cc(-c3ccccc3)nc(-c3cc(-c4ccc5c(c4)c4ccccc4n5-c4ccccc4)c4c(c3)sc3ccccc34)n2)cc1.c1ccc(-c2cccc(-c3cc(-c4ccc5c(c4)c4ccccc4n5-c4ccccc4)c4c(c3)sc3ccccc34)n2)cc1.c1ccc(-c2nc(-c3ccccc3)nc(-c3cc(-c4ccc5c(c4)c4ccccc4n5-c4ccccc4)c4c(c3)sc3ccccc34)n2)cc1. The smallest absolute Gasteiger partial charge is 0.164 e. The molecular formula is C132H83N9S3. The van der Waals surface area contributed by atoms with Crippen LogP contribution < -0.4 is 0 Å². The van der Waals surface area contributed by atoms with E-state index in [0.717, 1.165) is 89.8 Å². The van der Waals surface area contributed by atoms with E-state index in [-0.39, 0.29) is 0 Å². The van der Waals surface area contributed by atoms with Gasteiger partial charge in [-0.25, -0.2) is 29.9 Å². The van der Waals surface area contributed by atoms with Crippen molar-refractivity contribution >= 4 is 160 Å². The first-order chi connectivity index (χ1) is 71.4. The summed E-state index contributed by atoms with van der Waals surface area (Å²) in [5.41, 5.74) is 29.8. The second-order valence-electron chi connectivity index (χ2n) is 36.3. The van der Waals surface area contributed by atoms with Gasteiger partial charge >= 0.3 is 0 Å². The molecule has 0 saturated carbocycles. The molecule has 144 heavy (non-hydrogen) atoms. The predicted octanol–water partition coefficient (Wildman–Crippen LogP) is 36.2. The molecule has 0 bridgehead atoms. The molecule has 0 amide bonds. The van der Waals surface area contributed by atoms with E-state index in [2.05, 4.69) is 463 Å². The van der Waals surface area contributed by atoms with E-state index in [0.29, 0.717) is 23.3 Å². The molecule has 0 N–H and O–H groups in total. The van der Waals surface area contributed by atoms with Crippen molar-refractivity contribution in [3.63, 3.8) is 0 Å². The van der Waals surface area contributed by atoms with Crippen molar-refractivity contribution in [3.05, 3.63) is 504 Å². The Labute approximate surface area is 841 Å². The Morgan fingerprint density at radius 1 is 0.139 bits per heavy atom. The first-order valence-corrected chi connectivity index (χ1v) is 50.9. The van der Waals surface area contributed by atoms with Crippen molar-refractivity contribution in [1.82, 2.24) is 43.6 Å². The van der Waals surface area contributed by atoms with Crippen LogP contribution in [0.5, 0.6) is 0 Å². The lowest BCUT2D eigenvalue weighted by Crippen LogP contribution is -2.00. The molecule has 0 unspecified atom stereocenters. The standard InChI is InChI=1S/C46H29N3S.C45H28N4S.C41H26N2S/c1-4-14-30(15-5-1)39-29-40(31-16-6-2-7-17-31)48-46(47-39)33-27-37(45-36-21-11-13-23-43(36)50-44(45)28-33)32-24-25-42-38(26-32)35-20-10-12-22-41(35)49(42)34-18-8-3-9-19-34;1-4-14-29(15-5-1)43-46-44(30-16-6-2-7-17-30)48-45(47-43)32-27-36(42-35-21-11-13-23-40(35)50-41(42)28-32)31-24-25-39-37(26-31)34-20-10-12-22-38(34)49(39)33-18-8-3-9-19-33;1-3-12-27(13-4-1)35-18-11-19-36(42-35)29-25-33(41-32-17-8-10-21-39(32)44-40(41)26-29)28-22-23-38-34(24-28)31-16-7-9-20-37(31)43(38)30-14-5-2-6-15-30/h1-29H;1-28H;1-26H. The number of pyridine rings is 1. The van der Waals surface area contributed by atoms with Gasteiger partial charge in [0.05, 0.1) is 55.9 Å². The fourth-order valence-electron chi connectivity index (χ4n) is 21.0. The number of thiophene rings is 3. The van der Waals surface area contributed by atoms with Crippen LogP contribution >= 0.6 is 34.0 Å². The number of benzene rings is 20. The fourth-order valence-corrected chi connectivity index (χ4v) is 24.5. The van der Waals surface area contributed by atoms with Gasteiger partial charge in [0.1, 0.15) is 0 Å². The van der Waals surface area contributed by atoms with Gasteiger partial charge in [-0.15, -0.1) is 34.0 Å². The number of aromatic nitrogens is 9. The normalized spacial score (nSPS) is 11.6. The number of nitrogens with zero attached hydrogens (tertiary/aromatic N) is 9. The van der Waals surface area contributed by atoms with E-state index in [9.17, 15) is 0 Å². The van der Waals surface area contributed by atoms with Gasteiger partial charge in [-0.1, -0.05) is 340 Å². The summed E-state index contributed by atoms with van der Waals surface area (Å²) in [4.78, 5) is 30.7. The Hall–Kier alpha value is -18.3. The van der Waals surface area contributed by atoms with E-state index in [1.165, 1.54) is 154 Å². The van der Waals surface area contributed by atoms with E-state index in [1.54, 1.807) is 0 Å². The van der Waals surface area contributed by atoms with Gasteiger partial charge in [0.15, 0.2) is 23.3 Å². The van der Waals surface area contributed by atoms with Crippen molar-refractivity contribution in [3.8, 4) is 141 Å². The molecule has 9 nitrogen and oxygen atoms in total. The van der Waals surface area contributed by atoms with Gasteiger partial charge in [-0.3, -0.25) is 0 Å². The molecular weight excluding hydrogens is 1810 g/mol. The summed E-state index contributed by atoms with van der Waals surface area (Å²) < 4.78 is 14.6. The van der Waals surface area contributed by atoms with E-state index in [4.69, 9.17) is 29.9 Å². The van der Waals surface area contributed by atoms with Crippen molar-refractivity contribution < 1.29 is 0 Å².